The van der Waals surface area contributed by atoms with Crippen LogP contribution in [0, 0.1) is 0 Å². The number of para-hydroxylation sites is 2. The molecule has 0 saturated heterocycles. The number of fused-ring (bicyclic) bond motifs is 6. The van der Waals surface area contributed by atoms with Crippen LogP contribution in [-0.2, 0) is 5.41 Å². The Morgan fingerprint density at radius 2 is 0.850 bits per heavy atom. The van der Waals surface area contributed by atoms with Crippen LogP contribution in [0.15, 0.2) is 111 Å². The molecule has 198 valence electrons. The highest BCUT2D eigenvalue weighted by molar-refractivity contribution is 7.81. The van der Waals surface area contributed by atoms with Crippen LogP contribution in [-0.4, -0.2) is 9.13 Å². The maximum Gasteiger partial charge on any atom is 0.0599 e. The van der Waals surface area contributed by atoms with Gasteiger partial charge in [0.25, 0.3) is 0 Å². The maximum atomic E-state index is 4.72. The Hall–Kier alpha value is -2.90. The van der Waals surface area contributed by atoms with E-state index in [1.807, 2.05) is 12.1 Å². The second kappa shape index (κ2) is 9.31. The molecule has 5 aromatic carbocycles. The van der Waals surface area contributed by atoms with Gasteiger partial charge in [0.05, 0.1) is 22.1 Å². The predicted octanol–water partition coefficient (Wildman–Crippen LogP) is 10.3. The highest BCUT2D eigenvalue weighted by Gasteiger charge is 2.29. The lowest BCUT2D eigenvalue weighted by Gasteiger charge is -2.25. The zero-order valence-electron chi connectivity index (χ0n) is 22.3. The molecule has 0 aliphatic rings. The lowest BCUT2D eigenvalue weighted by molar-refractivity contribution is 0.597. The summed E-state index contributed by atoms with van der Waals surface area (Å²) in [6.45, 7) is 6.93. The van der Waals surface area contributed by atoms with Crippen molar-refractivity contribution in [2.45, 2.75) is 45.8 Å². The Balaban J connectivity index is 1.80. The molecule has 7 aromatic rings. The van der Waals surface area contributed by atoms with Gasteiger partial charge >= 0.3 is 0 Å². The van der Waals surface area contributed by atoms with Crippen LogP contribution in [0.25, 0.3) is 55.0 Å². The molecule has 40 heavy (non-hydrogen) atoms. The molecular formula is C34H28N2S4. The van der Waals surface area contributed by atoms with E-state index in [2.05, 4.69) is 109 Å². The summed E-state index contributed by atoms with van der Waals surface area (Å²) < 4.78 is 4.79. The Bertz CT molecular complexity index is 1960. The first kappa shape index (κ1) is 26.0. The largest absolute Gasteiger partial charge is 0.309 e. The average Bonchev–Trinajstić information content (AvgIpc) is 3.38. The van der Waals surface area contributed by atoms with Gasteiger partial charge in [0, 0.05) is 58.1 Å². The van der Waals surface area contributed by atoms with Crippen molar-refractivity contribution in [3.63, 3.8) is 0 Å². The Morgan fingerprint density at radius 3 is 1.23 bits per heavy atom. The fraction of sp³-hybridized carbons (Fsp3) is 0.118. The minimum atomic E-state index is -0.194. The van der Waals surface area contributed by atoms with Gasteiger partial charge in [-0.1, -0.05) is 57.2 Å². The van der Waals surface area contributed by atoms with Crippen molar-refractivity contribution in [1.82, 2.24) is 9.13 Å². The second-order valence-corrected chi connectivity index (χ2v) is 13.5. The molecule has 0 spiro atoms. The van der Waals surface area contributed by atoms with Crippen molar-refractivity contribution in [2.24, 2.45) is 0 Å². The maximum absolute atomic E-state index is 4.72. The molecule has 2 nitrogen and oxygen atoms in total. The van der Waals surface area contributed by atoms with Crippen LogP contribution in [0.5, 0.6) is 0 Å². The first-order valence-corrected chi connectivity index (χ1v) is 15.0. The van der Waals surface area contributed by atoms with E-state index in [9.17, 15) is 0 Å². The van der Waals surface area contributed by atoms with Gasteiger partial charge in [-0.15, -0.1) is 50.5 Å². The molecule has 0 amide bonds. The van der Waals surface area contributed by atoms with E-state index < -0.39 is 0 Å². The van der Waals surface area contributed by atoms with Crippen LogP contribution >= 0.6 is 50.5 Å². The molecular weight excluding hydrogens is 565 g/mol. The van der Waals surface area contributed by atoms with E-state index in [1.165, 1.54) is 38.1 Å². The van der Waals surface area contributed by atoms with E-state index >= 15 is 0 Å². The van der Waals surface area contributed by atoms with Gasteiger partial charge in [-0.25, -0.2) is 0 Å². The summed E-state index contributed by atoms with van der Waals surface area (Å²) in [5.41, 5.74) is 7.90. The topological polar surface area (TPSA) is 9.86 Å². The van der Waals surface area contributed by atoms with Crippen molar-refractivity contribution in [1.29, 1.82) is 0 Å². The SMILES string of the molecule is CC(C)(C)c1c2c(cc3c4ccccc4n(-c4cc(S)cc(S)c4)c13)c1ccccc1n2-c1cc(S)cc(S)c1. The first-order chi connectivity index (χ1) is 19.1. The molecule has 6 heteroatoms. The second-order valence-electron chi connectivity index (χ2n) is 11.4. The van der Waals surface area contributed by atoms with Crippen molar-refractivity contribution in [3.05, 3.63) is 96.6 Å². The average molecular weight is 593 g/mol. The van der Waals surface area contributed by atoms with E-state index in [1.54, 1.807) is 0 Å². The number of rotatable bonds is 2. The Kier molecular flexibility index (Phi) is 6.06. The number of aromatic nitrogens is 2. The fourth-order valence-corrected chi connectivity index (χ4v) is 7.52. The van der Waals surface area contributed by atoms with Crippen LogP contribution < -0.4 is 0 Å². The van der Waals surface area contributed by atoms with E-state index in [-0.39, 0.29) is 5.41 Å². The summed E-state index contributed by atoms with van der Waals surface area (Å²) in [4.78, 5) is 3.53. The quantitative estimate of drug-likeness (QED) is 0.142. The summed E-state index contributed by atoms with van der Waals surface area (Å²) in [5.74, 6) is 0. The highest BCUT2D eigenvalue weighted by Crippen LogP contribution is 2.46. The Labute approximate surface area is 255 Å². The molecule has 0 bridgehead atoms. The van der Waals surface area contributed by atoms with Crippen LogP contribution in [0.4, 0.5) is 0 Å². The highest BCUT2D eigenvalue weighted by atomic mass is 32.1. The fourth-order valence-electron chi connectivity index (χ4n) is 6.24. The summed E-state index contributed by atoms with van der Waals surface area (Å²) in [7, 11) is 0. The van der Waals surface area contributed by atoms with Gasteiger partial charge in [-0.2, -0.15) is 0 Å². The molecule has 2 heterocycles. The third-order valence-corrected chi connectivity index (χ3v) is 8.66. The van der Waals surface area contributed by atoms with Crippen LogP contribution in [0.1, 0.15) is 26.3 Å². The standard InChI is InChI=1S/C34H28N2S4/c1-34(2,3)31-32-27(25-8-4-6-10-29(25)35(32)19-12-21(37)16-22(38)13-19)18-28-26-9-5-7-11-30(26)36(33(28)31)20-14-23(39)17-24(40)15-20/h4-18,37-40H,1-3H3. The summed E-state index contributed by atoms with van der Waals surface area (Å²) in [6.07, 6.45) is 0. The van der Waals surface area contributed by atoms with E-state index in [0.717, 1.165) is 42.0 Å². The van der Waals surface area contributed by atoms with Gasteiger partial charge in [-0.05, 0) is 60.0 Å². The summed E-state index contributed by atoms with van der Waals surface area (Å²) in [6, 6.07) is 32.2. The molecule has 0 radical (unpaired) electrons. The monoisotopic (exact) mass is 592 g/mol. The molecule has 0 atom stereocenters. The van der Waals surface area contributed by atoms with Crippen LogP contribution in [0.2, 0.25) is 0 Å². The molecule has 7 rings (SSSR count). The minimum absolute atomic E-state index is 0.194. The van der Waals surface area contributed by atoms with Crippen molar-refractivity contribution in [3.8, 4) is 11.4 Å². The molecule has 0 fully saturated rings. The lowest BCUT2D eigenvalue weighted by atomic mass is 9.83. The van der Waals surface area contributed by atoms with Gasteiger partial charge in [-0.3, -0.25) is 0 Å². The predicted molar refractivity (Wildman–Crippen MR) is 183 cm³/mol. The van der Waals surface area contributed by atoms with Gasteiger partial charge in [0.2, 0.25) is 0 Å². The number of hydrogen-bond acceptors (Lipinski definition) is 4. The molecule has 0 aliphatic carbocycles. The van der Waals surface area contributed by atoms with Crippen LogP contribution in [0.3, 0.4) is 0 Å². The zero-order valence-corrected chi connectivity index (χ0v) is 25.9. The summed E-state index contributed by atoms with van der Waals surface area (Å²) >= 11 is 18.9. The smallest absolute Gasteiger partial charge is 0.0599 e. The lowest BCUT2D eigenvalue weighted by Crippen LogP contribution is -2.15. The number of hydrogen-bond donors (Lipinski definition) is 4. The molecule has 0 N–H and O–H groups in total. The van der Waals surface area contributed by atoms with E-state index in [4.69, 9.17) is 50.5 Å². The van der Waals surface area contributed by atoms with Crippen molar-refractivity contribution < 1.29 is 0 Å². The minimum Gasteiger partial charge on any atom is -0.309 e. The number of nitrogens with zero attached hydrogens (tertiary/aromatic N) is 2. The number of thiol groups is 4. The first-order valence-electron chi connectivity index (χ1n) is 13.2. The normalized spacial score (nSPS) is 12.4. The molecule has 0 unspecified atom stereocenters. The van der Waals surface area contributed by atoms with Crippen molar-refractivity contribution >= 4 is 94.1 Å². The van der Waals surface area contributed by atoms with Gasteiger partial charge in [0.15, 0.2) is 0 Å². The molecule has 0 aliphatic heterocycles. The Morgan fingerprint density at radius 1 is 0.475 bits per heavy atom. The molecule has 0 saturated carbocycles. The van der Waals surface area contributed by atoms with Crippen molar-refractivity contribution in [2.75, 3.05) is 0 Å². The number of benzene rings is 5. The molecule has 2 aromatic heterocycles. The third-order valence-electron chi connectivity index (χ3n) is 7.63. The summed E-state index contributed by atoms with van der Waals surface area (Å²) in [5, 5.41) is 4.92. The third kappa shape index (κ3) is 3.99. The van der Waals surface area contributed by atoms with Gasteiger partial charge < -0.3 is 9.13 Å². The van der Waals surface area contributed by atoms with E-state index in [0.29, 0.717) is 0 Å². The van der Waals surface area contributed by atoms with Gasteiger partial charge in [0.1, 0.15) is 0 Å². The zero-order chi connectivity index (χ0) is 27.9.